The standard InChI is InChI=1S/C31H33N5O5/c1-21-18-22(34-30-25-19-23(35-14-16-39-17-15-35)7-8-26(25)32-20-33-30)6-9-27(21)41-29-5-3-2-4-28(29)40-24-10-12-36(13-11-24)31(37)38/h2-9,18-20,24H,10-17H2,1H3,(H,37,38)(H,32,33,34). The van der Waals surface area contributed by atoms with Gasteiger partial charge in [-0.3, -0.25) is 0 Å². The minimum atomic E-state index is -0.883. The number of carbonyl (C=O) groups is 1. The van der Waals surface area contributed by atoms with E-state index >= 15 is 0 Å². The average Bonchev–Trinajstić information content (AvgIpc) is 3.00. The van der Waals surface area contributed by atoms with Gasteiger partial charge in [0.25, 0.3) is 0 Å². The van der Waals surface area contributed by atoms with E-state index in [-0.39, 0.29) is 6.10 Å². The van der Waals surface area contributed by atoms with Crippen LogP contribution in [-0.2, 0) is 4.74 Å². The van der Waals surface area contributed by atoms with E-state index in [1.165, 1.54) is 4.90 Å². The van der Waals surface area contributed by atoms with Gasteiger partial charge in [-0.05, 0) is 61.0 Å². The highest BCUT2D eigenvalue weighted by atomic mass is 16.5. The molecule has 0 aliphatic carbocycles. The molecule has 3 heterocycles. The Hall–Kier alpha value is -4.57. The molecule has 0 bridgehead atoms. The van der Waals surface area contributed by atoms with Gasteiger partial charge in [0.05, 0.1) is 18.7 Å². The van der Waals surface area contributed by atoms with Crippen molar-refractivity contribution < 1.29 is 24.1 Å². The summed E-state index contributed by atoms with van der Waals surface area (Å²) in [4.78, 5) is 24.0. The van der Waals surface area contributed by atoms with E-state index in [1.807, 2.05) is 55.5 Å². The highest BCUT2D eigenvalue weighted by molar-refractivity contribution is 5.93. The number of benzene rings is 3. The lowest BCUT2D eigenvalue weighted by molar-refractivity contribution is 0.0881. The highest BCUT2D eigenvalue weighted by Crippen LogP contribution is 2.36. The number of nitrogens with one attached hydrogen (secondary N) is 1. The third kappa shape index (κ3) is 6.12. The number of aromatic nitrogens is 2. The van der Waals surface area contributed by atoms with Crippen LogP contribution in [0.15, 0.2) is 67.0 Å². The van der Waals surface area contributed by atoms with Crippen molar-refractivity contribution in [2.75, 3.05) is 49.6 Å². The minimum Gasteiger partial charge on any atom is -0.486 e. The second kappa shape index (κ2) is 11.9. The summed E-state index contributed by atoms with van der Waals surface area (Å²) in [7, 11) is 0. The predicted octanol–water partition coefficient (Wildman–Crippen LogP) is 5.83. The number of amides is 1. The normalized spacial score (nSPS) is 16.0. The SMILES string of the molecule is Cc1cc(Nc2ncnc3ccc(N4CCOCC4)cc23)ccc1Oc1ccccc1OC1CCN(C(=O)O)CC1. The number of rotatable bonds is 7. The van der Waals surface area contributed by atoms with Crippen LogP contribution in [0, 0.1) is 6.92 Å². The average molecular weight is 556 g/mol. The molecule has 10 heteroatoms. The van der Waals surface area contributed by atoms with Crippen molar-refractivity contribution in [1.29, 1.82) is 0 Å². The second-order valence-corrected chi connectivity index (χ2v) is 10.3. The number of piperidine rings is 1. The summed E-state index contributed by atoms with van der Waals surface area (Å²) < 4.78 is 18.0. The van der Waals surface area contributed by atoms with Gasteiger partial charge in [-0.25, -0.2) is 14.8 Å². The first kappa shape index (κ1) is 26.6. The van der Waals surface area contributed by atoms with E-state index < -0.39 is 6.09 Å². The van der Waals surface area contributed by atoms with Crippen molar-refractivity contribution in [2.24, 2.45) is 0 Å². The highest BCUT2D eigenvalue weighted by Gasteiger charge is 2.24. The zero-order valence-electron chi connectivity index (χ0n) is 23.0. The number of aryl methyl sites for hydroxylation is 1. The van der Waals surface area contributed by atoms with Crippen LogP contribution in [0.5, 0.6) is 17.2 Å². The Kier molecular flexibility index (Phi) is 7.73. The minimum absolute atomic E-state index is 0.0607. The Balaban J connectivity index is 1.17. The van der Waals surface area contributed by atoms with Gasteiger partial charge in [0.15, 0.2) is 11.5 Å². The fourth-order valence-electron chi connectivity index (χ4n) is 5.24. The smallest absolute Gasteiger partial charge is 0.407 e. The van der Waals surface area contributed by atoms with Gasteiger partial charge in [-0.2, -0.15) is 0 Å². The maximum absolute atomic E-state index is 11.2. The molecule has 1 amide bonds. The number of hydrogen-bond donors (Lipinski definition) is 2. The van der Waals surface area contributed by atoms with Crippen LogP contribution in [0.1, 0.15) is 18.4 Å². The van der Waals surface area contributed by atoms with E-state index in [1.54, 1.807) is 6.33 Å². The van der Waals surface area contributed by atoms with Crippen LogP contribution in [0.4, 0.5) is 22.0 Å². The third-order valence-corrected chi connectivity index (χ3v) is 7.51. The van der Waals surface area contributed by atoms with Crippen LogP contribution < -0.4 is 19.7 Å². The van der Waals surface area contributed by atoms with Crippen molar-refractivity contribution in [1.82, 2.24) is 14.9 Å². The van der Waals surface area contributed by atoms with Gasteiger partial charge >= 0.3 is 6.09 Å². The molecule has 212 valence electrons. The van der Waals surface area contributed by atoms with Gasteiger partial charge < -0.3 is 34.4 Å². The monoisotopic (exact) mass is 555 g/mol. The van der Waals surface area contributed by atoms with Gasteiger partial charge in [-0.1, -0.05) is 12.1 Å². The molecule has 3 aromatic carbocycles. The van der Waals surface area contributed by atoms with Crippen molar-refractivity contribution >= 4 is 34.2 Å². The summed E-state index contributed by atoms with van der Waals surface area (Å²) in [5, 5.41) is 13.6. The number of morpholine rings is 1. The lowest BCUT2D eigenvalue weighted by Gasteiger charge is -2.30. The first-order chi connectivity index (χ1) is 20.0. The number of ether oxygens (including phenoxy) is 3. The molecular formula is C31H33N5O5. The Morgan fingerprint density at radius 2 is 1.73 bits per heavy atom. The van der Waals surface area contributed by atoms with E-state index in [0.717, 1.165) is 65.7 Å². The molecule has 41 heavy (non-hydrogen) atoms. The van der Waals surface area contributed by atoms with Crippen LogP contribution in [0.3, 0.4) is 0 Å². The summed E-state index contributed by atoms with van der Waals surface area (Å²) in [6, 6.07) is 19.8. The first-order valence-electron chi connectivity index (χ1n) is 13.9. The molecule has 0 saturated carbocycles. The molecule has 2 aliphatic rings. The zero-order valence-corrected chi connectivity index (χ0v) is 23.0. The van der Waals surface area contributed by atoms with E-state index in [4.69, 9.17) is 14.2 Å². The lowest BCUT2D eigenvalue weighted by atomic mass is 10.1. The molecule has 6 rings (SSSR count). The van der Waals surface area contributed by atoms with Crippen LogP contribution in [0.25, 0.3) is 10.9 Å². The number of hydrogen-bond acceptors (Lipinski definition) is 8. The van der Waals surface area contributed by atoms with Crippen LogP contribution in [0.2, 0.25) is 0 Å². The third-order valence-electron chi connectivity index (χ3n) is 7.51. The van der Waals surface area contributed by atoms with Gasteiger partial charge in [0.1, 0.15) is 24.0 Å². The molecule has 0 unspecified atom stereocenters. The molecule has 2 aliphatic heterocycles. The maximum Gasteiger partial charge on any atom is 0.407 e. The van der Waals surface area contributed by atoms with Crippen LogP contribution >= 0.6 is 0 Å². The molecule has 2 saturated heterocycles. The summed E-state index contributed by atoms with van der Waals surface area (Å²) >= 11 is 0. The quantitative estimate of drug-likeness (QED) is 0.291. The molecule has 0 radical (unpaired) electrons. The number of likely N-dealkylation sites (tertiary alicyclic amines) is 1. The fraction of sp³-hybridized carbons (Fsp3) is 0.323. The Labute approximate surface area is 238 Å². The molecular weight excluding hydrogens is 522 g/mol. The van der Waals surface area contributed by atoms with Crippen LogP contribution in [-0.4, -0.2) is 71.6 Å². The summed E-state index contributed by atoms with van der Waals surface area (Å²) in [5.41, 5.74) is 3.85. The molecule has 4 aromatic rings. The maximum atomic E-state index is 11.2. The number of carboxylic acid groups (broad SMARTS) is 1. The Bertz CT molecular complexity index is 1530. The summed E-state index contributed by atoms with van der Waals surface area (Å²) in [6.07, 6.45) is 1.92. The molecule has 2 N–H and O–H groups in total. The number of fused-ring (bicyclic) bond motifs is 1. The second-order valence-electron chi connectivity index (χ2n) is 10.3. The fourth-order valence-corrected chi connectivity index (χ4v) is 5.24. The summed E-state index contributed by atoms with van der Waals surface area (Å²) in [5.74, 6) is 2.72. The van der Waals surface area contributed by atoms with Gasteiger partial charge in [-0.15, -0.1) is 0 Å². The van der Waals surface area contributed by atoms with Crippen molar-refractivity contribution in [3.63, 3.8) is 0 Å². The number of nitrogens with zero attached hydrogens (tertiary/aromatic N) is 4. The number of para-hydroxylation sites is 2. The lowest BCUT2D eigenvalue weighted by Crippen LogP contribution is -2.41. The predicted molar refractivity (Wildman–Crippen MR) is 157 cm³/mol. The van der Waals surface area contributed by atoms with E-state index in [9.17, 15) is 9.90 Å². The molecule has 10 nitrogen and oxygen atoms in total. The van der Waals surface area contributed by atoms with E-state index in [2.05, 4.69) is 32.3 Å². The molecule has 2 fully saturated rings. The first-order valence-corrected chi connectivity index (χ1v) is 13.9. The number of anilines is 3. The van der Waals surface area contributed by atoms with Crippen molar-refractivity contribution in [3.8, 4) is 17.2 Å². The zero-order chi connectivity index (χ0) is 28.2. The van der Waals surface area contributed by atoms with Crippen molar-refractivity contribution in [2.45, 2.75) is 25.9 Å². The molecule has 0 atom stereocenters. The molecule has 0 spiro atoms. The summed E-state index contributed by atoms with van der Waals surface area (Å²) in [6.45, 7) is 6.11. The van der Waals surface area contributed by atoms with E-state index in [0.29, 0.717) is 37.4 Å². The van der Waals surface area contributed by atoms with Gasteiger partial charge in [0, 0.05) is 55.8 Å². The Morgan fingerprint density at radius 1 is 0.951 bits per heavy atom. The Morgan fingerprint density at radius 3 is 2.49 bits per heavy atom. The van der Waals surface area contributed by atoms with Crippen molar-refractivity contribution in [3.05, 3.63) is 72.6 Å². The topological polar surface area (TPSA) is 109 Å². The van der Waals surface area contributed by atoms with Gasteiger partial charge in [0.2, 0.25) is 0 Å². The largest absolute Gasteiger partial charge is 0.486 e. The molecule has 1 aromatic heterocycles.